The van der Waals surface area contributed by atoms with Crippen LogP contribution in [0, 0.1) is 0 Å². The average Bonchev–Trinajstić information content (AvgIpc) is 2.75. The highest BCUT2D eigenvalue weighted by molar-refractivity contribution is 5.83. The summed E-state index contributed by atoms with van der Waals surface area (Å²) in [5, 5.41) is 5.57. The maximum Gasteiger partial charge on any atom is 0.242 e. The van der Waals surface area contributed by atoms with Crippen molar-refractivity contribution in [3.63, 3.8) is 0 Å². The van der Waals surface area contributed by atoms with Crippen LogP contribution in [-0.2, 0) is 11.3 Å². The molecule has 1 aromatic heterocycles. The molecule has 0 atom stereocenters. The molecular formula is C11H18N4O2. The van der Waals surface area contributed by atoms with E-state index in [0.29, 0.717) is 12.3 Å². The van der Waals surface area contributed by atoms with Gasteiger partial charge in [0.15, 0.2) is 5.96 Å². The van der Waals surface area contributed by atoms with Crippen molar-refractivity contribution in [3.8, 4) is 0 Å². The van der Waals surface area contributed by atoms with Gasteiger partial charge in [-0.1, -0.05) is 0 Å². The van der Waals surface area contributed by atoms with Gasteiger partial charge in [-0.05, 0) is 26.0 Å². The smallest absolute Gasteiger partial charge is 0.242 e. The molecule has 6 nitrogen and oxygen atoms in total. The van der Waals surface area contributed by atoms with Gasteiger partial charge in [-0.25, -0.2) is 4.99 Å². The molecular weight excluding hydrogens is 220 g/mol. The standard InChI is InChI=1S/C11H18N4O2/c1-8(2)15-11(12)14-7-10(16)13-6-9-4-3-5-17-9/h3-5,8H,6-7H2,1-2H3,(H,13,16)(H3,12,14,15). The van der Waals surface area contributed by atoms with Crippen LogP contribution < -0.4 is 16.4 Å². The normalized spacial score (nSPS) is 11.6. The Kier molecular flexibility index (Phi) is 5.06. The summed E-state index contributed by atoms with van der Waals surface area (Å²) in [6.07, 6.45) is 1.56. The zero-order chi connectivity index (χ0) is 12.7. The molecule has 0 aromatic carbocycles. The van der Waals surface area contributed by atoms with Gasteiger partial charge in [-0.3, -0.25) is 4.79 Å². The van der Waals surface area contributed by atoms with E-state index in [-0.39, 0.29) is 24.5 Å². The van der Waals surface area contributed by atoms with E-state index in [4.69, 9.17) is 10.2 Å². The molecule has 1 amide bonds. The molecule has 1 heterocycles. The number of nitrogens with one attached hydrogen (secondary N) is 2. The van der Waals surface area contributed by atoms with Crippen LogP contribution in [0.3, 0.4) is 0 Å². The first-order valence-corrected chi connectivity index (χ1v) is 5.43. The number of nitrogens with two attached hydrogens (primary N) is 1. The fourth-order valence-electron chi connectivity index (χ4n) is 1.15. The SMILES string of the molecule is CC(C)NC(N)=NCC(=O)NCc1ccco1. The number of carbonyl (C=O) groups excluding carboxylic acids is 1. The van der Waals surface area contributed by atoms with Crippen molar-refractivity contribution < 1.29 is 9.21 Å². The lowest BCUT2D eigenvalue weighted by Crippen LogP contribution is -2.37. The number of guanidine groups is 1. The van der Waals surface area contributed by atoms with Crippen LogP contribution in [0.5, 0.6) is 0 Å². The minimum atomic E-state index is -0.199. The second-order valence-electron chi connectivity index (χ2n) is 3.86. The molecule has 1 aromatic rings. The number of rotatable bonds is 5. The molecule has 0 unspecified atom stereocenters. The number of nitrogens with zero attached hydrogens (tertiary/aromatic N) is 1. The highest BCUT2D eigenvalue weighted by Crippen LogP contribution is 1.98. The van der Waals surface area contributed by atoms with Crippen LogP contribution >= 0.6 is 0 Å². The third kappa shape index (κ3) is 5.60. The molecule has 0 aliphatic heterocycles. The number of aliphatic imine (C=N–C) groups is 1. The maximum atomic E-state index is 11.4. The lowest BCUT2D eigenvalue weighted by Gasteiger charge is -2.08. The predicted octanol–water partition coefficient (Wildman–Crippen LogP) is 0.209. The molecule has 94 valence electrons. The van der Waals surface area contributed by atoms with Gasteiger partial charge in [0.1, 0.15) is 12.3 Å². The Morgan fingerprint density at radius 3 is 2.94 bits per heavy atom. The minimum Gasteiger partial charge on any atom is -0.467 e. The van der Waals surface area contributed by atoms with Gasteiger partial charge in [0, 0.05) is 6.04 Å². The average molecular weight is 238 g/mol. The summed E-state index contributed by atoms with van der Waals surface area (Å²) in [6, 6.07) is 3.76. The van der Waals surface area contributed by atoms with Crippen molar-refractivity contribution in [1.82, 2.24) is 10.6 Å². The molecule has 0 aliphatic carbocycles. The van der Waals surface area contributed by atoms with Crippen molar-refractivity contribution in [2.75, 3.05) is 6.54 Å². The maximum absolute atomic E-state index is 11.4. The highest BCUT2D eigenvalue weighted by atomic mass is 16.3. The van der Waals surface area contributed by atoms with Crippen LogP contribution in [0.1, 0.15) is 19.6 Å². The highest BCUT2D eigenvalue weighted by Gasteiger charge is 2.02. The summed E-state index contributed by atoms with van der Waals surface area (Å²) < 4.78 is 5.07. The topological polar surface area (TPSA) is 92.6 Å². The van der Waals surface area contributed by atoms with Gasteiger partial charge in [0.25, 0.3) is 0 Å². The Morgan fingerprint density at radius 1 is 1.59 bits per heavy atom. The van der Waals surface area contributed by atoms with Gasteiger partial charge in [-0.15, -0.1) is 0 Å². The second-order valence-corrected chi connectivity index (χ2v) is 3.86. The minimum absolute atomic E-state index is 0.00621. The molecule has 0 saturated heterocycles. The van der Waals surface area contributed by atoms with Crippen LogP contribution in [0.15, 0.2) is 27.8 Å². The number of amides is 1. The van der Waals surface area contributed by atoms with E-state index in [1.165, 1.54) is 0 Å². The predicted molar refractivity (Wildman–Crippen MR) is 65.3 cm³/mol. The number of hydrogen-bond donors (Lipinski definition) is 3. The van der Waals surface area contributed by atoms with E-state index in [9.17, 15) is 4.79 Å². The van der Waals surface area contributed by atoms with Gasteiger partial charge in [0.05, 0.1) is 12.8 Å². The summed E-state index contributed by atoms with van der Waals surface area (Å²) in [4.78, 5) is 15.3. The number of carbonyl (C=O) groups is 1. The van der Waals surface area contributed by atoms with Gasteiger partial charge in [-0.2, -0.15) is 0 Å². The Balaban J connectivity index is 2.25. The molecule has 0 saturated carbocycles. The molecule has 0 fully saturated rings. The molecule has 0 radical (unpaired) electrons. The van der Waals surface area contributed by atoms with Crippen LogP contribution in [-0.4, -0.2) is 24.5 Å². The molecule has 17 heavy (non-hydrogen) atoms. The van der Waals surface area contributed by atoms with E-state index in [1.54, 1.807) is 18.4 Å². The van der Waals surface area contributed by atoms with Gasteiger partial charge in [0.2, 0.25) is 5.91 Å². The quantitative estimate of drug-likeness (QED) is 0.505. The summed E-state index contributed by atoms with van der Waals surface area (Å²) in [6.45, 7) is 4.25. The van der Waals surface area contributed by atoms with Crippen molar-refractivity contribution >= 4 is 11.9 Å². The van der Waals surface area contributed by atoms with Crippen LogP contribution in [0.25, 0.3) is 0 Å². The molecule has 0 spiro atoms. The van der Waals surface area contributed by atoms with Crippen molar-refractivity contribution in [2.24, 2.45) is 10.7 Å². The van der Waals surface area contributed by atoms with E-state index in [0.717, 1.165) is 0 Å². The van der Waals surface area contributed by atoms with Gasteiger partial charge < -0.3 is 20.8 Å². The number of hydrogen-bond acceptors (Lipinski definition) is 3. The van der Waals surface area contributed by atoms with Gasteiger partial charge >= 0.3 is 0 Å². The Morgan fingerprint density at radius 2 is 2.35 bits per heavy atom. The van der Waals surface area contributed by atoms with E-state index in [1.807, 2.05) is 13.8 Å². The Bertz CT molecular complexity index is 371. The van der Waals surface area contributed by atoms with E-state index in [2.05, 4.69) is 15.6 Å². The summed E-state index contributed by atoms with van der Waals surface area (Å²) in [7, 11) is 0. The fraction of sp³-hybridized carbons (Fsp3) is 0.455. The summed E-state index contributed by atoms with van der Waals surface area (Å²) >= 11 is 0. The lowest BCUT2D eigenvalue weighted by molar-refractivity contribution is -0.119. The molecule has 0 bridgehead atoms. The van der Waals surface area contributed by atoms with E-state index < -0.39 is 0 Å². The molecule has 0 aliphatic rings. The zero-order valence-electron chi connectivity index (χ0n) is 10.1. The molecule has 1 rings (SSSR count). The first-order chi connectivity index (χ1) is 8.08. The first kappa shape index (κ1) is 13.1. The number of furan rings is 1. The van der Waals surface area contributed by atoms with Crippen LogP contribution in [0.4, 0.5) is 0 Å². The zero-order valence-corrected chi connectivity index (χ0v) is 10.1. The molecule has 6 heteroatoms. The fourth-order valence-corrected chi connectivity index (χ4v) is 1.15. The largest absolute Gasteiger partial charge is 0.467 e. The third-order valence-electron chi connectivity index (χ3n) is 1.87. The first-order valence-electron chi connectivity index (χ1n) is 5.43. The van der Waals surface area contributed by atoms with Crippen LogP contribution in [0.2, 0.25) is 0 Å². The monoisotopic (exact) mass is 238 g/mol. The summed E-state index contributed by atoms with van der Waals surface area (Å²) in [5.41, 5.74) is 5.55. The van der Waals surface area contributed by atoms with Crippen molar-refractivity contribution in [1.29, 1.82) is 0 Å². The second kappa shape index (κ2) is 6.57. The van der Waals surface area contributed by atoms with E-state index >= 15 is 0 Å². The van der Waals surface area contributed by atoms with Crippen molar-refractivity contribution in [3.05, 3.63) is 24.2 Å². The third-order valence-corrected chi connectivity index (χ3v) is 1.87. The van der Waals surface area contributed by atoms with Crippen molar-refractivity contribution in [2.45, 2.75) is 26.4 Å². The molecule has 4 N–H and O–H groups in total. The summed E-state index contributed by atoms with van der Waals surface area (Å²) in [5.74, 6) is 0.777. The lowest BCUT2D eigenvalue weighted by atomic mass is 10.4. The Hall–Kier alpha value is -1.98. The Labute approximate surface area is 100 Å².